The number of rotatable bonds is 7. The van der Waals surface area contributed by atoms with Gasteiger partial charge in [0, 0.05) is 6.42 Å². The molecule has 1 aromatic rings. The number of hydrogen-bond donors (Lipinski definition) is 0. The molecule has 0 saturated carbocycles. The van der Waals surface area contributed by atoms with Crippen molar-refractivity contribution in [2.45, 2.75) is 38.7 Å². The van der Waals surface area contributed by atoms with Gasteiger partial charge in [-0.3, -0.25) is 4.79 Å². The molecule has 0 saturated heterocycles. The highest BCUT2D eigenvalue weighted by atomic mass is 32.1. The van der Waals surface area contributed by atoms with E-state index in [1.54, 1.807) is 5.51 Å². The summed E-state index contributed by atoms with van der Waals surface area (Å²) in [6.07, 6.45) is 3.71. The number of ether oxygens (including phenoxy) is 1. The molecule has 14 heavy (non-hydrogen) atoms. The first kappa shape index (κ1) is 11.1. The van der Waals surface area contributed by atoms with Gasteiger partial charge in [0.05, 0.1) is 0 Å². The normalized spacial score (nSPS) is 12.4. The third kappa shape index (κ3) is 3.83. The molecule has 1 atom stereocenters. The average Bonchev–Trinajstić information content (AvgIpc) is 2.67. The Labute approximate surface area is 87.3 Å². The largest absolute Gasteiger partial charge is 0.464 e. The average molecular weight is 214 g/mol. The van der Waals surface area contributed by atoms with E-state index in [0.717, 1.165) is 24.3 Å². The number of hydrogen-bond acceptors (Lipinski definition) is 5. The molecule has 0 aliphatic heterocycles. The topological polar surface area (TPSA) is 52.1 Å². The van der Waals surface area contributed by atoms with Crippen LogP contribution in [0.5, 0.6) is 0 Å². The Hall–Kier alpha value is -0.970. The highest BCUT2D eigenvalue weighted by Gasteiger charge is 2.11. The first-order chi connectivity index (χ1) is 6.86. The van der Waals surface area contributed by atoms with Gasteiger partial charge in [0.15, 0.2) is 0 Å². The highest BCUT2D eigenvalue weighted by molar-refractivity contribution is 7.09. The predicted octanol–water partition coefficient (Wildman–Crippen LogP) is 1.81. The van der Waals surface area contributed by atoms with E-state index in [9.17, 15) is 4.79 Å². The summed E-state index contributed by atoms with van der Waals surface area (Å²) in [4.78, 5) is 10.3. The van der Waals surface area contributed by atoms with Gasteiger partial charge in [0.2, 0.25) is 0 Å². The van der Waals surface area contributed by atoms with Crippen molar-refractivity contribution in [1.29, 1.82) is 0 Å². The van der Waals surface area contributed by atoms with Crippen molar-refractivity contribution in [2.75, 3.05) is 0 Å². The second-order valence-corrected chi connectivity index (χ2v) is 3.95. The lowest BCUT2D eigenvalue weighted by Gasteiger charge is -2.12. The Morgan fingerprint density at radius 3 is 3.14 bits per heavy atom. The van der Waals surface area contributed by atoms with Crippen molar-refractivity contribution in [2.24, 2.45) is 0 Å². The molecule has 1 aromatic heterocycles. The van der Waals surface area contributed by atoms with Crippen LogP contribution in [0.3, 0.4) is 0 Å². The van der Waals surface area contributed by atoms with E-state index in [-0.39, 0.29) is 6.10 Å². The molecule has 1 unspecified atom stereocenters. The summed E-state index contributed by atoms with van der Waals surface area (Å²) in [7, 11) is 0. The summed E-state index contributed by atoms with van der Waals surface area (Å²) in [5.74, 6) is 0. The maximum Gasteiger partial charge on any atom is 0.293 e. The standard InChI is InChI=1S/C9H14N2O2S/c1-2-3-4-8(13-7-12)5-9-11-10-6-14-9/h6-8H,2-5H2,1H3. The minimum Gasteiger partial charge on any atom is -0.464 e. The van der Waals surface area contributed by atoms with Gasteiger partial charge >= 0.3 is 0 Å². The van der Waals surface area contributed by atoms with Gasteiger partial charge in [0.25, 0.3) is 6.47 Å². The molecular formula is C9H14N2O2S. The van der Waals surface area contributed by atoms with Crippen LogP contribution in [-0.2, 0) is 16.0 Å². The molecule has 0 aliphatic carbocycles. The zero-order valence-electron chi connectivity index (χ0n) is 8.18. The molecule has 0 fully saturated rings. The molecule has 0 amide bonds. The first-order valence-corrected chi connectivity index (χ1v) is 5.59. The molecular weight excluding hydrogens is 200 g/mol. The lowest BCUT2D eigenvalue weighted by Crippen LogP contribution is -2.15. The van der Waals surface area contributed by atoms with Crippen LogP contribution in [-0.4, -0.2) is 22.8 Å². The molecule has 1 heterocycles. The van der Waals surface area contributed by atoms with Crippen molar-refractivity contribution in [3.8, 4) is 0 Å². The van der Waals surface area contributed by atoms with Crippen molar-refractivity contribution in [3.63, 3.8) is 0 Å². The summed E-state index contributed by atoms with van der Waals surface area (Å²) in [6, 6.07) is 0. The number of unbranched alkanes of at least 4 members (excludes halogenated alkanes) is 1. The van der Waals surface area contributed by atoms with Crippen LogP contribution in [0.15, 0.2) is 5.51 Å². The van der Waals surface area contributed by atoms with Crippen LogP contribution >= 0.6 is 11.3 Å². The smallest absolute Gasteiger partial charge is 0.293 e. The van der Waals surface area contributed by atoms with E-state index >= 15 is 0 Å². The lowest BCUT2D eigenvalue weighted by molar-refractivity contribution is -0.133. The lowest BCUT2D eigenvalue weighted by atomic mass is 10.1. The fraction of sp³-hybridized carbons (Fsp3) is 0.667. The Kier molecular flexibility index (Phi) is 5.14. The molecule has 5 heteroatoms. The summed E-state index contributed by atoms with van der Waals surface area (Å²) < 4.78 is 4.98. The molecule has 0 bridgehead atoms. The fourth-order valence-corrected chi connectivity index (χ4v) is 1.80. The molecule has 0 aromatic carbocycles. The summed E-state index contributed by atoms with van der Waals surface area (Å²) in [5.41, 5.74) is 1.69. The van der Waals surface area contributed by atoms with Crippen LogP contribution in [0.2, 0.25) is 0 Å². The summed E-state index contributed by atoms with van der Waals surface area (Å²) >= 11 is 1.49. The van der Waals surface area contributed by atoms with E-state index in [0.29, 0.717) is 12.9 Å². The van der Waals surface area contributed by atoms with E-state index in [1.165, 1.54) is 11.3 Å². The minimum atomic E-state index is -0.0413. The number of carbonyl (C=O) groups excluding carboxylic acids is 1. The van der Waals surface area contributed by atoms with Crippen LogP contribution in [0.1, 0.15) is 31.2 Å². The van der Waals surface area contributed by atoms with E-state index in [4.69, 9.17) is 4.74 Å². The van der Waals surface area contributed by atoms with Crippen LogP contribution in [0.4, 0.5) is 0 Å². The maximum atomic E-state index is 10.3. The maximum absolute atomic E-state index is 10.3. The zero-order chi connectivity index (χ0) is 10.2. The van der Waals surface area contributed by atoms with Gasteiger partial charge < -0.3 is 4.74 Å². The van der Waals surface area contributed by atoms with Gasteiger partial charge in [-0.05, 0) is 6.42 Å². The van der Waals surface area contributed by atoms with Gasteiger partial charge in [0.1, 0.15) is 16.6 Å². The molecule has 0 N–H and O–H groups in total. The Morgan fingerprint density at radius 2 is 2.57 bits per heavy atom. The highest BCUT2D eigenvalue weighted by Crippen LogP contribution is 2.12. The SMILES string of the molecule is CCCCC(Cc1nncs1)OC=O. The monoisotopic (exact) mass is 214 g/mol. The second-order valence-electron chi connectivity index (χ2n) is 3.03. The van der Waals surface area contributed by atoms with Crippen molar-refractivity contribution in [3.05, 3.63) is 10.5 Å². The summed E-state index contributed by atoms with van der Waals surface area (Å²) in [5, 5.41) is 8.58. The first-order valence-electron chi connectivity index (χ1n) is 4.71. The number of aromatic nitrogens is 2. The predicted molar refractivity (Wildman–Crippen MR) is 54.1 cm³/mol. The van der Waals surface area contributed by atoms with Gasteiger partial charge in [-0.15, -0.1) is 21.5 Å². The third-order valence-electron chi connectivity index (χ3n) is 1.94. The van der Waals surface area contributed by atoms with E-state index < -0.39 is 0 Å². The third-order valence-corrected chi connectivity index (χ3v) is 2.66. The molecule has 0 radical (unpaired) electrons. The Bertz CT molecular complexity index is 251. The van der Waals surface area contributed by atoms with E-state index in [1.807, 2.05) is 0 Å². The molecule has 4 nitrogen and oxygen atoms in total. The van der Waals surface area contributed by atoms with Crippen molar-refractivity contribution >= 4 is 17.8 Å². The van der Waals surface area contributed by atoms with Crippen LogP contribution in [0.25, 0.3) is 0 Å². The number of carbonyl (C=O) groups is 1. The van der Waals surface area contributed by atoms with Crippen LogP contribution < -0.4 is 0 Å². The van der Waals surface area contributed by atoms with Gasteiger partial charge in [-0.1, -0.05) is 19.8 Å². The van der Waals surface area contributed by atoms with Crippen molar-refractivity contribution < 1.29 is 9.53 Å². The minimum absolute atomic E-state index is 0.0413. The van der Waals surface area contributed by atoms with Gasteiger partial charge in [-0.25, -0.2) is 0 Å². The molecule has 0 aliphatic rings. The Balaban J connectivity index is 2.38. The molecule has 78 valence electrons. The molecule has 1 rings (SSSR count). The fourth-order valence-electron chi connectivity index (χ4n) is 1.21. The summed E-state index contributed by atoms with van der Waals surface area (Å²) in [6.45, 7) is 2.63. The van der Waals surface area contributed by atoms with E-state index in [2.05, 4.69) is 17.1 Å². The van der Waals surface area contributed by atoms with Gasteiger partial charge in [-0.2, -0.15) is 0 Å². The second kappa shape index (κ2) is 6.48. The van der Waals surface area contributed by atoms with Crippen molar-refractivity contribution in [1.82, 2.24) is 10.2 Å². The Morgan fingerprint density at radius 1 is 1.71 bits per heavy atom. The zero-order valence-corrected chi connectivity index (χ0v) is 9.00. The van der Waals surface area contributed by atoms with Crippen LogP contribution in [0, 0.1) is 0 Å². The quantitative estimate of drug-likeness (QED) is 0.649. The molecule has 0 spiro atoms. The number of nitrogens with zero attached hydrogens (tertiary/aromatic N) is 2.